The Morgan fingerprint density at radius 1 is 1.43 bits per heavy atom. The molecule has 3 nitrogen and oxygen atoms in total. The van der Waals surface area contributed by atoms with Gasteiger partial charge < -0.3 is 10.6 Å². The molecule has 0 unspecified atom stereocenters. The van der Waals surface area contributed by atoms with Crippen molar-refractivity contribution in [2.75, 3.05) is 19.6 Å². The number of likely N-dealkylation sites (N-methyl/N-ethyl adjacent to an activating group) is 1. The number of nitrogens with zero attached hydrogens (tertiary/aromatic N) is 1. The molecule has 0 saturated carbocycles. The second kappa shape index (κ2) is 7.56. The highest BCUT2D eigenvalue weighted by Crippen LogP contribution is 2.03. The second-order valence-corrected chi connectivity index (χ2v) is 3.32. The van der Waals surface area contributed by atoms with Crippen LogP contribution in [-0.4, -0.2) is 30.4 Å². The molecule has 0 aliphatic rings. The highest BCUT2D eigenvalue weighted by atomic mass is 16.2. The van der Waals surface area contributed by atoms with Crippen molar-refractivity contribution in [3.05, 3.63) is 11.6 Å². The fourth-order valence-corrected chi connectivity index (χ4v) is 1.33. The summed E-state index contributed by atoms with van der Waals surface area (Å²) in [5.41, 5.74) is 6.25. The van der Waals surface area contributed by atoms with Gasteiger partial charge in [-0.25, -0.2) is 0 Å². The molecule has 0 aliphatic heterocycles. The molecule has 0 fully saturated rings. The standard InChI is InChI=1S/C11H22N2O/c1-4-7-10(3)11(14)13(5-2)9-6-8-12/h7H,4-6,8-9,12H2,1-3H3. The summed E-state index contributed by atoms with van der Waals surface area (Å²) in [4.78, 5) is 13.6. The lowest BCUT2D eigenvalue weighted by Crippen LogP contribution is -2.33. The molecular formula is C11H22N2O. The van der Waals surface area contributed by atoms with Gasteiger partial charge in [0.25, 0.3) is 0 Å². The van der Waals surface area contributed by atoms with Gasteiger partial charge in [-0.15, -0.1) is 0 Å². The maximum Gasteiger partial charge on any atom is 0.249 e. The van der Waals surface area contributed by atoms with Crippen molar-refractivity contribution in [3.63, 3.8) is 0 Å². The van der Waals surface area contributed by atoms with Crippen LogP contribution < -0.4 is 5.73 Å². The summed E-state index contributed by atoms with van der Waals surface area (Å²) < 4.78 is 0. The lowest BCUT2D eigenvalue weighted by Gasteiger charge is -2.20. The van der Waals surface area contributed by atoms with E-state index in [2.05, 4.69) is 0 Å². The number of hydrogen-bond acceptors (Lipinski definition) is 2. The lowest BCUT2D eigenvalue weighted by atomic mass is 10.2. The molecule has 0 heterocycles. The van der Waals surface area contributed by atoms with E-state index < -0.39 is 0 Å². The Morgan fingerprint density at radius 2 is 2.07 bits per heavy atom. The van der Waals surface area contributed by atoms with Crippen LogP contribution in [0.5, 0.6) is 0 Å². The van der Waals surface area contributed by atoms with E-state index in [1.165, 1.54) is 0 Å². The van der Waals surface area contributed by atoms with Gasteiger partial charge in [0.2, 0.25) is 5.91 Å². The fourth-order valence-electron chi connectivity index (χ4n) is 1.33. The van der Waals surface area contributed by atoms with Crippen molar-refractivity contribution >= 4 is 5.91 Å². The summed E-state index contributed by atoms with van der Waals surface area (Å²) in [5, 5.41) is 0. The van der Waals surface area contributed by atoms with Crippen LogP contribution in [0.1, 0.15) is 33.6 Å². The molecule has 0 rings (SSSR count). The van der Waals surface area contributed by atoms with Crippen molar-refractivity contribution in [2.24, 2.45) is 5.73 Å². The number of nitrogens with two attached hydrogens (primary N) is 1. The van der Waals surface area contributed by atoms with E-state index in [4.69, 9.17) is 5.73 Å². The van der Waals surface area contributed by atoms with Crippen LogP contribution in [0.2, 0.25) is 0 Å². The SMILES string of the molecule is CCC=C(C)C(=O)N(CC)CCCN. The van der Waals surface area contributed by atoms with E-state index in [0.29, 0.717) is 6.54 Å². The van der Waals surface area contributed by atoms with Crippen molar-refractivity contribution < 1.29 is 4.79 Å². The molecule has 0 aliphatic carbocycles. The van der Waals surface area contributed by atoms with E-state index >= 15 is 0 Å². The Morgan fingerprint density at radius 3 is 2.50 bits per heavy atom. The third-order valence-electron chi connectivity index (χ3n) is 2.15. The molecule has 82 valence electrons. The van der Waals surface area contributed by atoms with Gasteiger partial charge in [-0.1, -0.05) is 13.0 Å². The first-order valence-electron chi connectivity index (χ1n) is 5.33. The van der Waals surface area contributed by atoms with Gasteiger partial charge in [0.1, 0.15) is 0 Å². The zero-order valence-corrected chi connectivity index (χ0v) is 9.55. The summed E-state index contributed by atoms with van der Waals surface area (Å²) in [6.07, 6.45) is 3.75. The highest BCUT2D eigenvalue weighted by Gasteiger charge is 2.11. The summed E-state index contributed by atoms with van der Waals surface area (Å²) in [5.74, 6) is 0.141. The minimum absolute atomic E-state index is 0.141. The molecule has 0 aromatic heterocycles. The molecule has 2 N–H and O–H groups in total. The largest absolute Gasteiger partial charge is 0.339 e. The first kappa shape index (κ1) is 13.2. The molecule has 0 aromatic rings. The molecule has 0 aromatic carbocycles. The molecule has 0 spiro atoms. The van der Waals surface area contributed by atoms with E-state index in [0.717, 1.165) is 31.5 Å². The van der Waals surface area contributed by atoms with Gasteiger partial charge in [-0.2, -0.15) is 0 Å². The Hall–Kier alpha value is -0.830. The maximum absolute atomic E-state index is 11.8. The average Bonchev–Trinajstić information content (AvgIpc) is 2.19. The minimum atomic E-state index is 0.141. The van der Waals surface area contributed by atoms with Crippen LogP contribution in [0.3, 0.4) is 0 Å². The van der Waals surface area contributed by atoms with Crippen molar-refractivity contribution in [2.45, 2.75) is 33.6 Å². The number of rotatable bonds is 6. The molecule has 0 bridgehead atoms. The van der Waals surface area contributed by atoms with Gasteiger partial charge in [-0.3, -0.25) is 4.79 Å². The summed E-state index contributed by atoms with van der Waals surface area (Å²) in [6, 6.07) is 0. The van der Waals surface area contributed by atoms with Crippen molar-refractivity contribution in [1.29, 1.82) is 0 Å². The Kier molecular flexibility index (Phi) is 7.11. The quantitative estimate of drug-likeness (QED) is 0.658. The second-order valence-electron chi connectivity index (χ2n) is 3.32. The summed E-state index contributed by atoms with van der Waals surface area (Å²) in [7, 11) is 0. The van der Waals surface area contributed by atoms with Crippen LogP contribution in [0.25, 0.3) is 0 Å². The zero-order chi connectivity index (χ0) is 11.0. The maximum atomic E-state index is 11.8. The van der Waals surface area contributed by atoms with Gasteiger partial charge >= 0.3 is 0 Å². The van der Waals surface area contributed by atoms with Crippen LogP contribution >= 0.6 is 0 Å². The molecular weight excluding hydrogens is 176 g/mol. The molecule has 3 heteroatoms. The predicted molar refractivity (Wildman–Crippen MR) is 60.0 cm³/mol. The number of carbonyl (C=O) groups excluding carboxylic acids is 1. The lowest BCUT2D eigenvalue weighted by molar-refractivity contribution is -0.126. The first-order chi connectivity index (χ1) is 6.67. The fraction of sp³-hybridized carbons (Fsp3) is 0.727. The summed E-state index contributed by atoms with van der Waals surface area (Å²) in [6.45, 7) is 8.06. The van der Waals surface area contributed by atoms with Crippen LogP contribution in [0, 0.1) is 0 Å². The van der Waals surface area contributed by atoms with Crippen molar-refractivity contribution in [1.82, 2.24) is 4.90 Å². The van der Waals surface area contributed by atoms with Gasteiger partial charge in [0, 0.05) is 18.7 Å². The number of allylic oxidation sites excluding steroid dienone is 1. The molecule has 0 saturated heterocycles. The van der Waals surface area contributed by atoms with Crippen LogP contribution in [0.4, 0.5) is 0 Å². The Bertz CT molecular complexity index is 199. The van der Waals surface area contributed by atoms with Crippen molar-refractivity contribution in [3.8, 4) is 0 Å². The third kappa shape index (κ3) is 4.42. The molecule has 0 radical (unpaired) electrons. The monoisotopic (exact) mass is 198 g/mol. The van der Waals surface area contributed by atoms with E-state index in [-0.39, 0.29) is 5.91 Å². The zero-order valence-electron chi connectivity index (χ0n) is 9.55. The van der Waals surface area contributed by atoms with E-state index in [9.17, 15) is 4.79 Å². The first-order valence-corrected chi connectivity index (χ1v) is 5.33. The smallest absolute Gasteiger partial charge is 0.249 e. The number of hydrogen-bond donors (Lipinski definition) is 1. The Balaban J connectivity index is 4.23. The molecule has 0 atom stereocenters. The molecule has 14 heavy (non-hydrogen) atoms. The van der Waals surface area contributed by atoms with Gasteiger partial charge in [0.15, 0.2) is 0 Å². The van der Waals surface area contributed by atoms with E-state index in [1.54, 1.807) is 0 Å². The van der Waals surface area contributed by atoms with Gasteiger partial charge in [0.05, 0.1) is 0 Å². The normalized spacial score (nSPS) is 11.6. The number of amides is 1. The van der Waals surface area contributed by atoms with Crippen LogP contribution in [0.15, 0.2) is 11.6 Å². The van der Waals surface area contributed by atoms with Gasteiger partial charge in [-0.05, 0) is 33.2 Å². The highest BCUT2D eigenvalue weighted by molar-refractivity contribution is 5.92. The average molecular weight is 198 g/mol. The summed E-state index contributed by atoms with van der Waals surface area (Å²) >= 11 is 0. The predicted octanol–water partition coefficient (Wildman–Crippen LogP) is 1.54. The van der Waals surface area contributed by atoms with E-state index in [1.807, 2.05) is 31.7 Å². The molecule has 1 amide bonds. The third-order valence-corrected chi connectivity index (χ3v) is 2.15. The topological polar surface area (TPSA) is 46.3 Å². The Labute approximate surface area is 87.0 Å². The van der Waals surface area contributed by atoms with Crippen LogP contribution in [-0.2, 0) is 4.79 Å². The minimum Gasteiger partial charge on any atom is -0.339 e. The number of carbonyl (C=O) groups is 1.